The van der Waals surface area contributed by atoms with Crippen LogP contribution in [0, 0.1) is 5.92 Å². The lowest BCUT2D eigenvalue weighted by Gasteiger charge is -2.30. The molecular formula is C11H21NO. The predicted octanol–water partition coefficient (Wildman–Crippen LogP) is 1.95. The topological polar surface area (TPSA) is 21.3 Å². The van der Waals surface area contributed by atoms with Gasteiger partial charge in [0.2, 0.25) is 0 Å². The van der Waals surface area contributed by atoms with Gasteiger partial charge in [0.15, 0.2) is 0 Å². The molecule has 2 atom stereocenters. The molecule has 2 rings (SSSR count). The summed E-state index contributed by atoms with van der Waals surface area (Å²) in [5.74, 6) is 0.825. The molecule has 0 radical (unpaired) electrons. The number of nitrogens with one attached hydrogen (secondary N) is 1. The van der Waals surface area contributed by atoms with Crippen molar-refractivity contribution in [3.8, 4) is 0 Å². The Balaban J connectivity index is 1.88. The number of ether oxygens (including phenoxy) is 1. The second kappa shape index (κ2) is 3.97. The fourth-order valence-corrected chi connectivity index (χ4v) is 2.79. The second-order valence-electron chi connectivity index (χ2n) is 4.60. The smallest absolute Gasteiger partial charge is 0.0495 e. The van der Waals surface area contributed by atoms with E-state index < -0.39 is 0 Å². The molecule has 76 valence electrons. The molecule has 0 spiro atoms. The van der Waals surface area contributed by atoms with Gasteiger partial charge in [0.25, 0.3) is 0 Å². The summed E-state index contributed by atoms with van der Waals surface area (Å²) in [6, 6.07) is 0. The van der Waals surface area contributed by atoms with E-state index in [1.54, 1.807) is 0 Å². The van der Waals surface area contributed by atoms with Crippen molar-refractivity contribution in [2.24, 2.45) is 5.92 Å². The molecule has 2 heteroatoms. The zero-order chi connectivity index (χ0) is 9.15. The maximum Gasteiger partial charge on any atom is 0.0495 e. The van der Waals surface area contributed by atoms with E-state index in [0.29, 0.717) is 5.54 Å². The first-order chi connectivity index (χ1) is 6.35. The Labute approximate surface area is 81.0 Å². The van der Waals surface area contributed by atoms with Crippen LogP contribution in [0.25, 0.3) is 0 Å². The van der Waals surface area contributed by atoms with Gasteiger partial charge in [-0.25, -0.2) is 0 Å². The lowest BCUT2D eigenvalue weighted by atomic mass is 9.83. The van der Waals surface area contributed by atoms with Crippen LogP contribution in [0.3, 0.4) is 0 Å². The van der Waals surface area contributed by atoms with E-state index in [2.05, 4.69) is 12.2 Å². The van der Waals surface area contributed by atoms with Crippen LogP contribution in [0.1, 0.15) is 39.0 Å². The van der Waals surface area contributed by atoms with E-state index >= 15 is 0 Å². The summed E-state index contributed by atoms with van der Waals surface area (Å²) >= 11 is 0. The minimum absolute atomic E-state index is 0.471. The van der Waals surface area contributed by atoms with Gasteiger partial charge in [-0.05, 0) is 44.6 Å². The third-order valence-corrected chi connectivity index (χ3v) is 3.71. The quantitative estimate of drug-likeness (QED) is 0.722. The van der Waals surface area contributed by atoms with Crippen molar-refractivity contribution in [3.05, 3.63) is 0 Å². The van der Waals surface area contributed by atoms with Crippen LogP contribution >= 0.6 is 0 Å². The minimum atomic E-state index is 0.471. The second-order valence-corrected chi connectivity index (χ2v) is 4.60. The van der Waals surface area contributed by atoms with Gasteiger partial charge in [0.1, 0.15) is 0 Å². The molecule has 0 aliphatic carbocycles. The SMILES string of the molecule is CCC1(CC2CCOC2)CCCN1. The number of hydrogen-bond donors (Lipinski definition) is 1. The molecule has 2 nitrogen and oxygen atoms in total. The van der Waals surface area contributed by atoms with Gasteiger partial charge >= 0.3 is 0 Å². The summed E-state index contributed by atoms with van der Waals surface area (Å²) in [7, 11) is 0. The van der Waals surface area contributed by atoms with Crippen LogP contribution in [0.15, 0.2) is 0 Å². The monoisotopic (exact) mass is 183 g/mol. The van der Waals surface area contributed by atoms with Crippen LogP contribution in [0.2, 0.25) is 0 Å². The molecule has 0 aromatic heterocycles. The zero-order valence-corrected chi connectivity index (χ0v) is 8.64. The van der Waals surface area contributed by atoms with Crippen molar-refractivity contribution >= 4 is 0 Å². The van der Waals surface area contributed by atoms with E-state index in [1.807, 2.05) is 0 Å². The molecule has 1 N–H and O–H groups in total. The van der Waals surface area contributed by atoms with Crippen molar-refractivity contribution in [3.63, 3.8) is 0 Å². The van der Waals surface area contributed by atoms with Gasteiger partial charge in [-0.2, -0.15) is 0 Å². The first kappa shape index (κ1) is 9.47. The molecule has 2 saturated heterocycles. The highest BCUT2D eigenvalue weighted by Gasteiger charge is 2.34. The first-order valence-electron chi connectivity index (χ1n) is 5.67. The fourth-order valence-electron chi connectivity index (χ4n) is 2.79. The molecular weight excluding hydrogens is 162 g/mol. The molecule has 2 aliphatic rings. The normalized spacial score (nSPS) is 39.9. The summed E-state index contributed by atoms with van der Waals surface area (Å²) in [5, 5.41) is 3.69. The highest BCUT2D eigenvalue weighted by Crippen LogP contribution is 2.32. The van der Waals surface area contributed by atoms with E-state index in [9.17, 15) is 0 Å². The molecule has 0 saturated carbocycles. The van der Waals surface area contributed by atoms with Gasteiger partial charge in [-0.1, -0.05) is 6.92 Å². The zero-order valence-electron chi connectivity index (χ0n) is 8.64. The van der Waals surface area contributed by atoms with Crippen LogP contribution in [-0.2, 0) is 4.74 Å². The summed E-state index contributed by atoms with van der Waals surface area (Å²) in [4.78, 5) is 0. The van der Waals surface area contributed by atoms with Crippen LogP contribution in [-0.4, -0.2) is 25.3 Å². The van der Waals surface area contributed by atoms with Gasteiger partial charge < -0.3 is 10.1 Å². The highest BCUT2D eigenvalue weighted by atomic mass is 16.5. The summed E-state index contributed by atoms with van der Waals surface area (Å²) < 4.78 is 5.43. The third kappa shape index (κ3) is 2.05. The first-order valence-corrected chi connectivity index (χ1v) is 5.67. The average Bonchev–Trinajstić information content (AvgIpc) is 2.77. The Bertz CT molecular complexity index is 157. The minimum Gasteiger partial charge on any atom is -0.381 e. The Morgan fingerprint density at radius 2 is 2.46 bits per heavy atom. The van der Waals surface area contributed by atoms with Crippen molar-refractivity contribution in [1.82, 2.24) is 5.32 Å². The lowest BCUT2D eigenvalue weighted by Crippen LogP contribution is -2.40. The molecule has 0 amide bonds. The summed E-state index contributed by atoms with van der Waals surface area (Å²) in [5.41, 5.74) is 0.471. The van der Waals surface area contributed by atoms with Crippen molar-refractivity contribution in [2.45, 2.75) is 44.6 Å². The molecule has 0 bridgehead atoms. The Morgan fingerprint density at radius 3 is 3.00 bits per heavy atom. The Hall–Kier alpha value is -0.0800. The van der Waals surface area contributed by atoms with Gasteiger partial charge in [0.05, 0.1) is 0 Å². The Morgan fingerprint density at radius 1 is 1.54 bits per heavy atom. The standard InChI is InChI=1S/C11H21NO/c1-2-11(5-3-6-12-11)8-10-4-7-13-9-10/h10,12H,2-9H2,1H3. The maximum absolute atomic E-state index is 5.43. The number of rotatable bonds is 3. The molecule has 2 heterocycles. The van der Waals surface area contributed by atoms with E-state index in [-0.39, 0.29) is 0 Å². The fraction of sp³-hybridized carbons (Fsp3) is 1.00. The van der Waals surface area contributed by atoms with Gasteiger partial charge in [0, 0.05) is 18.8 Å². The van der Waals surface area contributed by atoms with Crippen LogP contribution < -0.4 is 5.32 Å². The highest BCUT2D eigenvalue weighted by molar-refractivity contribution is 4.93. The maximum atomic E-state index is 5.43. The van der Waals surface area contributed by atoms with Crippen molar-refractivity contribution in [2.75, 3.05) is 19.8 Å². The molecule has 2 aliphatic heterocycles. The average molecular weight is 183 g/mol. The molecule has 2 unspecified atom stereocenters. The van der Waals surface area contributed by atoms with Crippen LogP contribution in [0.5, 0.6) is 0 Å². The summed E-state index contributed by atoms with van der Waals surface area (Å²) in [6.45, 7) is 5.53. The van der Waals surface area contributed by atoms with Gasteiger partial charge in [-0.15, -0.1) is 0 Å². The van der Waals surface area contributed by atoms with E-state index in [0.717, 1.165) is 19.1 Å². The van der Waals surface area contributed by atoms with E-state index in [1.165, 1.54) is 38.6 Å². The summed E-state index contributed by atoms with van der Waals surface area (Å²) in [6.07, 6.45) is 6.64. The Kier molecular flexibility index (Phi) is 2.89. The molecule has 0 aromatic rings. The third-order valence-electron chi connectivity index (χ3n) is 3.71. The van der Waals surface area contributed by atoms with E-state index in [4.69, 9.17) is 4.74 Å². The number of hydrogen-bond acceptors (Lipinski definition) is 2. The lowest BCUT2D eigenvalue weighted by molar-refractivity contribution is 0.173. The molecule has 2 fully saturated rings. The van der Waals surface area contributed by atoms with Crippen LogP contribution in [0.4, 0.5) is 0 Å². The molecule has 13 heavy (non-hydrogen) atoms. The largest absolute Gasteiger partial charge is 0.381 e. The van der Waals surface area contributed by atoms with Crippen molar-refractivity contribution < 1.29 is 4.74 Å². The molecule has 0 aromatic carbocycles. The van der Waals surface area contributed by atoms with Crippen molar-refractivity contribution in [1.29, 1.82) is 0 Å². The van der Waals surface area contributed by atoms with Gasteiger partial charge in [-0.3, -0.25) is 0 Å². The predicted molar refractivity (Wildman–Crippen MR) is 53.8 cm³/mol.